The molecule has 336 valence electrons. The normalized spacial score (nSPS) is 27.7. The number of esters is 2. The molecule has 0 amide bonds. The third-order valence-electron chi connectivity index (χ3n) is 11.4. The van der Waals surface area contributed by atoms with Crippen molar-refractivity contribution in [3.63, 3.8) is 0 Å². The molecule has 0 saturated carbocycles. The van der Waals surface area contributed by atoms with E-state index in [9.17, 15) is 40.2 Å². The van der Waals surface area contributed by atoms with Crippen molar-refractivity contribution in [3.05, 3.63) is 0 Å². The minimum absolute atomic E-state index is 0.194. The Bertz CT molecular complexity index is 925. The average Bonchev–Trinajstić information content (AvgIpc) is 3.20. The van der Waals surface area contributed by atoms with Gasteiger partial charge in [-0.1, -0.05) is 168 Å². The number of carbonyl (C=O) groups is 2. The summed E-state index contributed by atoms with van der Waals surface area (Å²) in [6.45, 7) is 3.62. The summed E-state index contributed by atoms with van der Waals surface area (Å²) in [4.78, 5) is 24.8. The number of aliphatic hydroxyl groups excluding tert-OH is 6. The summed E-state index contributed by atoms with van der Waals surface area (Å²) in [5.41, 5.74) is 0. The second-order valence-corrected chi connectivity index (χ2v) is 16.5. The van der Waals surface area contributed by atoms with E-state index in [1.165, 1.54) is 116 Å². The first-order chi connectivity index (χ1) is 27.6. The molecule has 6 unspecified atom stereocenters. The van der Waals surface area contributed by atoms with Gasteiger partial charge in [-0.15, -0.1) is 0 Å². The van der Waals surface area contributed by atoms with Crippen LogP contribution in [0, 0.1) is 0 Å². The van der Waals surface area contributed by atoms with E-state index >= 15 is 0 Å². The first-order valence-corrected chi connectivity index (χ1v) is 23.0. The zero-order valence-corrected chi connectivity index (χ0v) is 35.5. The fraction of sp³-hybridized carbons (Fsp3) is 0.955. The van der Waals surface area contributed by atoms with Crippen molar-refractivity contribution in [1.29, 1.82) is 0 Å². The molecular formula is C44H82O13. The molecule has 2 saturated heterocycles. The number of unbranched alkanes of at least 4 members (excludes halogenated alkanes) is 24. The maximum absolute atomic E-state index is 12.4. The lowest BCUT2D eigenvalue weighted by Crippen LogP contribution is -2.64. The summed E-state index contributed by atoms with van der Waals surface area (Å²) in [6.07, 6.45) is 14.9. The van der Waals surface area contributed by atoms with Crippen molar-refractivity contribution in [2.24, 2.45) is 0 Å². The highest BCUT2D eigenvalue weighted by atomic mass is 16.8. The van der Waals surface area contributed by atoms with Gasteiger partial charge in [-0.25, -0.2) is 0 Å². The number of rotatable bonds is 34. The van der Waals surface area contributed by atoms with Gasteiger partial charge in [-0.05, 0) is 12.8 Å². The van der Waals surface area contributed by atoms with E-state index in [-0.39, 0.29) is 12.8 Å². The zero-order chi connectivity index (χ0) is 41.7. The van der Waals surface area contributed by atoms with E-state index < -0.39 is 86.6 Å². The second-order valence-electron chi connectivity index (χ2n) is 16.5. The number of carbonyl (C=O) groups excluding carboxylic acids is 2. The van der Waals surface area contributed by atoms with Crippen molar-refractivity contribution < 1.29 is 63.9 Å². The molecule has 0 aliphatic carbocycles. The Morgan fingerprint density at radius 3 is 0.930 bits per heavy atom. The summed E-state index contributed by atoms with van der Waals surface area (Å²) < 4.78 is 27.5. The second kappa shape index (κ2) is 32.4. The lowest BCUT2D eigenvalue weighted by molar-refractivity contribution is -0.376. The highest BCUT2D eigenvalue weighted by Crippen LogP contribution is 2.29. The monoisotopic (exact) mass is 819 g/mol. The third-order valence-corrected chi connectivity index (χ3v) is 11.4. The number of hydrogen-bond donors (Lipinski definition) is 6. The van der Waals surface area contributed by atoms with Gasteiger partial charge in [0.15, 0.2) is 12.6 Å². The number of hydrogen-bond acceptors (Lipinski definition) is 13. The Morgan fingerprint density at radius 2 is 0.649 bits per heavy atom. The van der Waals surface area contributed by atoms with Gasteiger partial charge in [0.1, 0.15) is 62.0 Å². The molecule has 2 aliphatic rings. The van der Waals surface area contributed by atoms with Crippen molar-refractivity contribution in [2.45, 2.75) is 255 Å². The van der Waals surface area contributed by atoms with Gasteiger partial charge < -0.3 is 54.3 Å². The van der Waals surface area contributed by atoms with Gasteiger partial charge >= 0.3 is 11.9 Å². The van der Waals surface area contributed by atoms with Crippen LogP contribution < -0.4 is 0 Å². The Balaban J connectivity index is 1.65. The number of ether oxygens (including phenoxy) is 5. The maximum atomic E-state index is 12.4. The standard InChI is InChI=1S/C44H82O13/c1-3-5-7-9-11-13-15-17-19-21-23-25-27-29-35(45)53-31-33-37(47)39(49)41(51)43(55-33)57-44-42(52)40(50)38(48)34(56-44)32-54-36(46)30-28-26-24-22-20-18-16-14-12-10-8-6-4-2/h33-34,37-44,47-52H,3-32H2,1-2H3/t33?,34?,37-,38-,39?,40?,41?,42?,43-,44-/m1/s1. The van der Waals surface area contributed by atoms with Crippen LogP contribution in [-0.4, -0.2) is 117 Å². The highest BCUT2D eigenvalue weighted by molar-refractivity contribution is 5.69. The first-order valence-electron chi connectivity index (χ1n) is 23.0. The summed E-state index contributed by atoms with van der Waals surface area (Å²) in [5, 5.41) is 63.3. The van der Waals surface area contributed by atoms with E-state index in [1.54, 1.807) is 0 Å². The van der Waals surface area contributed by atoms with Crippen LogP contribution in [0.5, 0.6) is 0 Å². The molecule has 0 aromatic rings. The Morgan fingerprint density at radius 1 is 0.386 bits per heavy atom. The van der Waals surface area contributed by atoms with E-state index in [0.717, 1.165) is 38.5 Å². The van der Waals surface area contributed by atoms with Gasteiger partial charge in [-0.2, -0.15) is 0 Å². The van der Waals surface area contributed by atoms with E-state index in [2.05, 4.69) is 13.8 Å². The van der Waals surface area contributed by atoms with Crippen LogP contribution in [0.4, 0.5) is 0 Å². The number of aliphatic hydroxyl groups is 6. The van der Waals surface area contributed by atoms with Crippen LogP contribution in [0.15, 0.2) is 0 Å². The molecule has 0 aromatic carbocycles. The maximum Gasteiger partial charge on any atom is 0.305 e. The molecule has 2 heterocycles. The predicted molar refractivity (Wildman–Crippen MR) is 217 cm³/mol. The van der Waals surface area contributed by atoms with Crippen molar-refractivity contribution >= 4 is 11.9 Å². The van der Waals surface area contributed by atoms with Gasteiger partial charge in [-0.3, -0.25) is 9.59 Å². The lowest BCUT2D eigenvalue weighted by atomic mass is 9.98. The molecule has 13 nitrogen and oxygen atoms in total. The molecule has 0 radical (unpaired) electrons. The fourth-order valence-electron chi connectivity index (χ4n) is 7.53. The molecule has 10 atom stereocenters. The molecule has 0 bridgehead atoms. The molecular weight excluding hydrogens is 736 g/mol. The fourth-order valence-corrected chi connectivity index (χ4v) is 7.53. The quantitative estimate of drug-likeness (QED) is 0.0297. The third kappa shape index (κ3) is 22.1. The summed E-state index contributed by atoms with van der Waals surface area (Å²) in [5.74, 6) is -0.969. The zero-order valence-electron chi connectivity index (χ0n) is 35.5. The largest absolute Gasteiger partial charge is 0.463 e. The SMILES string of the molecule is CCCCCCCCCCCCCCCC(=O)OCC1O[C@H](O[C@H]2OC(COC(=O)CCCCCCCCCCCCCCC)[C@@H](O)C(O)C2O)C(O)C(O)[C@@H]1O. The van der Waals surface area contributed by atoms with Crippen molar-refractivity contribution in [2.75, 3.05) is 13.2 Å². The Kier molecular flexibility index (Phi) is 29.4. The molecule has 0 spiro atoms. The topological polar surface area (TPSA) is 202 Å². The minimum Gasteiger partial charge on any atom is -0.463 e. The average molecular weight is 819 g/mol. The van der Waals surface area contributed by atoms with E-state index in [1.807, 2.05) is 0 Å². The van der Waals surface area contributed by atoms with Gasteiger partial charge in [0.25, 0.3) is 0 Å². The summed E-state index contributed by atoms with van der Waals surface area (Å²) in [7, 11) is 0. The molecule has 57 heavy (non-hydrogen) atoms. The summed E-state index contributed by atoms with van der Waals surface area (Å²) >= 11 is 0. The van der Waals surface area contributed by atoms with E-state index in [0.29, 0.717) is 12.8 Å². The Labute approximate surface area is 343 Å². The van der Waals surface area contributed by atoms with Crippen molar-refractivity contribution in [3.8, 4) is 0 Å². The molecule has 6 N–H and O–H groups in total. The minimum atomic E-state index is -1.80. The molecule has 13 heteroatoms. The van der Waals surface area contributed by atoms with Crippen LogP contribution in [-0.2, 0) is 33.3 Å². The van der Waals surface area contributed by atoms with Gasteiger partial charge in [0.2, 0.25) is 0 Å². The van der Waals surface area contributed by atoms with Crippen LogP contribution in [0.25, 0.3) is 0 Å². The first kappa shape index (κ1) is 51.7. The molecule has 0 aromatic heterocycles. The highest BCUT2D eigenvalue weighted by Gasteiger charge is 2.50. The van der Waals surface area contributed by atoms with Crippen LogP contribution in [0.1, 0.15) is 194 Å². The van der Waals surface area contributed by atoms with Gasteiger partial charge in [0.05, 0.1) is 0 Å². The van der Waals surface area contributed by atoms with Gasteiger partial charge in [0, 0.05) is 12.8 Å². The van der Waals surface area contributed by atoms with Crippen molar-refractivity contribution in [1.82, 2.24) is 0 Å². The lowest BCUT2D eigenvalue weighted by Gasteiger charge is -2.44. The summed E-state index contributed by atoms with van der Waals surface area (Å²) in [6, 6.07) is 0. The van der Waals surface area contributed by atoms with E-state index in [4.69, 9.17) is 23.7 Å². The van der Waals surface area contributed by atoms with Crippen LogP contribution in [0.2, 0.25) is 0 Å². The molecule has 2 rings (SSSR count). The van der Waals surface area contributed by atoms with Crippen LogP contribution in [0.3, 0.4) is 0 Å². The Hall–Kier alpha value is -1.42. The van der Waals surface area contributed by atoms with Crippen LogP contribution >= 0.6 is 0 Å². The smallest absolute Gasteiger partial charge is 0.305 e. The predicted octanol–water partition coefficient (Wildman–Crippen LogP) is 6.67. The molecule has 2 aliphatic heterocycles. The molecule has 2 fully saturated rings.